The van der Waals surface area contributed by atoms with Crippen molar-refractivity contribution < 1.29 is 4.74 Å². The summed E-state index contributed by atoms with van der Waals surface area (Å²) in [6.07, 6.45) is 3.00. The SMILES string of the molecule is COc1ccc2nc(SCC3(CC#N)CC3)[nH]c2c1. The number of fused-ring (bicyclic) bond motifs is 1. The Morgan fingerprint density at radius 2 is 2.37 bits per heavy atom. The molecule has 19 heavy (non-hydrogen) atoms. The van der Waals surface area contributed by atoms with Gasteiger partial charge in [0.05, 0.1) is 24.2 Å². The van der Waals surface area contributed by atoms with Gasteiger partial charge in [-0.3, -0.25) is 0 Å². The second-order valence-corrected chi connectivity index (χ2v) is 6.01. The fraction of sp³-hybridized carbons (Fsp3) is 0.429. The van der Waals surface area contributed by atoms with Crippen LogP contribution in [-0.2, 0) is 0 Å². The van der Waals surface area contributed by atoms with Crippen molar-refractivity contribution in [3.8, 4) is 11.8 Å². The molecular formula is C14H15N3OS. The van der Waals surface area contributed by atoms with Gasteiger partial charge in [0.25, 0.3) is 0 Å². The lowest BCUT2D eigenvalue weighted by atomic mass is 10.1. The Labute approximate surface area is 116 Å². The molecular weight excluding hydrogens is 258 g/mol. The molecule has 2 aromatic rings. The minimum absolute atomic E-state index is 0.246. The standard InChI is InChI=1S/C14H15N3OS/c1-18-10-2-3-11-12(8-10)17-13(16-11)19-9-14(4-5-14)6-7-15/h2-3,8H,4-6,9H2,1H3,(H,16,17). The Morgan fingerprint density at radius 3 is 3.05 bits per heavy atom. The maximum atomic E-state index is 8.81. The number of nitriles is 1. The third-order valence-electron chi connectivity index (χ3n) is 3.59. The van der Waals surface area contributed by atoms with Crippen molar-refractivity contribution in [3.63, 3.8) is 0 Å². The Bertz CT molecular complexity index is 640. The molecule has 0 amide bonds. The molecule has 1 aromatic heterocycles. The van der Waals surface area contributed by atoms with E-state index in [4.69, 9.17) is 10.00 Å². The van der Waals surface area contributed by atoms with Crippen LogP contribution >= 0.6 is 11.8 Å². The van der Waals surface area contributed by atoms with Crippen molar-refractivity contribution in [2.45, 2.75) is 24.4 Å². The number of aromatic amines is 1. The zero-order chi connectivity index (χ0) is 13.3. The zero-order valence-corrected chi connectivity index (χ0v) is 11.6. The monoisotopic (exact) mass is 273 g/mol. The molecule has 1 heterocycles. The summed E-state index contributed by atoms with van der Waals surface area (Å²) in [4.78, 5) is 7.85. The highest BCUT2D eigenvalue weighted by Crippen LogP contribution is 2.51. The van der Waals surface area contributed by atoms with E-state index in [0.717, 1.165) is 27.7 Å². The Balaban J connectivity index is 1.73. The smallest absolute Gasteiger partial charge is 0.166 e. The molecule has 4 nitrogen and oxygen atoms in total. The molecule has 0 saturated heterocycles. The molecule has 0 atom stereocenters. The molecule has 1 saturated carbocycles. The summed E-state index contributed by atoms with van der Waals surface area (Å²) >= 11 is 1.71. The number of H-pyrrole nitrogens is 1. The molecule has 98 valence electrons. The first-order chi connectivity index (χ1) is 9.24. The molecule has 1 aromatic carbocycles. The summed E-state index contributed by atoms with van der Waals surface area (Å²) in [6.45, 7) is 0. The third kappa shape index (κ3) is 2.54. The average Bonchev–Trinajstić information content (AvgIpc) is 3.06. The van der Waals surface area contributed by atoms with Crippen LogP contribution in [0.25, 0.3) is 11.0 Å². The van der Waals surface area contributed by atoms with E-state index in [1.807, 2.05) is 18.2 Å². The van der Waals surface area contributed by atoms with Crippen molar-refractivity contribution in [2.75, 3.05) is 12.9 Å². The predicted octanol–water partition coefficient (Wildman–Crippen LogP) is 3.36. The number of nitrogens with one attached hydrogen (secondary N) is 1. The molecule has 0 radical (unpaired) electrons. The van der Waals surface area contributed by atoms with E-state index in [1.165, 1.54) is 12.8 Å². The number of imidazole rings is 1. The molecule has 0 unspecified atom stereocenters. The lowest BCUT2D eigenvalue weighted by molar-refractivity contribution is 0.415. The number of thioether (sulfide) groups is 1. The van der Waals surface area contributed by atoms with Gasteiger partial charge < -0.3 is 9.72 Å². The summed E-state index contributed by atoms with van der Waals surface area (Å²) in [5.74, 6) is 1.80. The van der Waals surface area contributed by atoms with Crippen LogP contribution in [0.2, 0.25) is 0 Å². The van der Waals surface area contributed by atoms with Crippen LogP contribution in [0.15, 0.2) is 23.4 Å². The molecule has 1 aliphatic rings. The number of benzene rings is 1. The van der Waals surface area contributed by atoms with Crippen LogP contribution in [0.3, 0.4) is 0 Å². The number of methoxy groups -OCH3 is 1. The molecule has 0 aliphatic heterocycles. The van der Waals surface area contributed by atoms with Crippen LogP contribution in [0.5, 0.6) is 5.75 Å². The minimum atomic E-state index is 0.246. The van der Waals surface area contributed by atoms with Gasteiger partial charge in [-0.25, -0.2) is 4.98 Å². The number of nitrogens with zero attached hydrogens (tertiary/aromatic N) is 2. The number of rotatable bonds is 5. The molecule has 1 fully saturated rings. The average molecular weight is 273 g/mol. The Kier molecular flexibility index (Phi) is 3.11. The lowest BCUT2D eigenvalue weighted by Gasteiger charge is -2.07. The first-order valence-corrected chi connectivity index (χ1v) is 7.27. The summed E-state index contributed by atoms with van der Waals surface area (Å²) in [5.41, 5.74) is 2.19. The number of hydrogen-bond acceptors (Lipinski definition) is 4. The highest BCUT2D eigenvalue weighted by atomic mass is 32.2. The maximum Gasteiger partial charge on any atom is 0.166 e. The molecule has 0 bridgehead atoms. The fourth-order valence-electron chi connectivity index (χ4n) is 2.10. The largest absolute Gasteiger partial charge is 0.497 e. The van der Waals surface area contributed by atoms with Crippen molar-refractivity contribution in [1.82, 2.24) is 9.97 Å². The van der Waals surface area contributed by atoms with E-state index >= 15 is 0 Å². The highest BCUT2D eigenvalue weighted by Gasteiger charge is 2.42. The van der Waals surface area contributed by atoms with Gasteiger partial charge in [0.15, 0.2) is 5.16 Å². The summed E-state index contributed by atoms with van der Waals surface area (Å²) in [6, 6.07) is 8.11. The predicted molar refractivity (Wildman–Crippen MR) is 75.3 cm³/mol. The fourth-order valence-corrected chi connectivity index (χ4v) is 3.28. The number of aromatic nitrogens is 2. The van der Waals surface area contributed by atoms with Crippen molar-refractivity contribution in [1.29, 1.82) is 5.26 Å². The quantitative estimate of drug-likeness (QED) is 0.848. The second-order valence-electron chi connectivity index (χ2n) is 5.05. The van der Waals surface area contributed by atoms with Crippen molar-refractivity contribution in [3.05, 3.63) is 18.2 Å². The van der Waals surface area contributed by atoms with Gasteiger partial charge in [-0.2, -0.15) is 5.26 Å². The zero-order valence-electron chi connectivity index (χ0n) is 10.8. The first kappa shape index (κ1) is 12.4. The number of hydrogen-bond donors (Lipinski definition) is 1. The summed E-state index contributed by atoms with van der Waals surface area (Å²) in [5, 5.41) is 9.74. The summed E-state index contributed by atoms with van der Waals surface area (Å²) < 4.78 is 5.20. The first-order valence-electron chi connectivity index (χ1n) is 6.28. The molecule has 0 spiro atoms. The Hall–Kier alpha value is -1.67. The van der Waals surface area contributed by atoms with Crippen LogP contribution < -0.4 is 4.74 Å². The van der Waals surface area contributed by atoms with Gasteiger partial charge in [-0.15, -0.1) is 0 Å². The van der Waals surface area contributed by atoms with E-state index in [-0.39, 0.29) is 5.41 Å². The highest BCUT2D eigenvalue weighted by molar-refractivity contribution is 7.99. The van der Waals surface area contributed by atoms with Crippen LogP contribution in [0.1, 0.15) is 19.3 Å². The minimum Gasteiger partial charge on any atom is -0.497 e. The van der Waals surface area contributed by atoms with Gasteiger partial charge in [-0.1, -0.05) is 11.8 Å². The van der Waals surface area contributed by atoms with Crippen LogP contribution in [0.4, 0.5) is 0 Å². The van der Waals surface area contributed by atoms with Crippen LogP contribution in [0, 0.1) is 16.7 Å². The van der Waals surface area contributed by atoms with Crippen LogP contribution in [-0.4, -0.2) is 22.8 Å². The topological polar surface area (TPSA) is 61.7 Å². The third-order valence-corrected chi connectivity index (χ3v) is 4.82. The Morgan fingerprint density at radius 1 is 1.53 bits per heavy atom. The van der Waals surface area contributed by atoms with Gasteiger partial charge in [0.1, 0.15) is 5.75 Å². The van der Waals surface area contributed by atoms with E-state index in [9.17, 15) is 0 Å². The van der Waals surface area contributed by atoms with E-state index in [2.05, 4.69) is 16.0 Å². The van der Waals surface area contributed by atoms with Crippen molar-refractivity contribution in [2.24, 2.45) is 5.41 Å². The van der Waals surface area contributed by atoms with Gasteiger partial charge in [-0.05, 0) is 30.4 Å². The van der Waals surface area contributed by atoms with Gasteiger partial charge >= 0.3 is 0 Å². The molecule has 5 heteroatoms. The van der Waals surface area contributed by atoms with Gasteiger partial charge in [0.2, 0.25) is 0 Å². The maximum absolute atomic E-state index is 8.81. The summed E-state index contributed by atoms with van der Waals surface area (Å²) in [7, 11) is 1.66. The number of ether oxygens (including phenoxy) is 1. The molecule has 1 aliphatic carbocycles. The van der Waals surface area contributed by atoms with E-state index < -0.39 is 0 Å². The van der Waals surface area contributed by atoms with Crippen molar-refractivity contribution >= 4 is 22.8 Å². The molecule has 1 N–H and O–H groups in total. The molecule has 3 rings (SSSR count). The lowest BCUT2D eigenvalue weighted by Crippen LogP contribution is -2.02. The second kappa shape index (κ2) is 4.78. The van der Waals surface area contributed by atoms with E-state index in [0.29, 0.717) is 6.42 Å². The normalized spacial score (nSPS) is 16.2. The van der Waals surface area contributed by atoms with Gasteiger partial charge in [0, 0.05) is 18.2 Å². The van der Waals surface area contributed by atoms with E-state index in [1.54, 1.807) is 18.9 Å².